The molecule has 0 spiro atoms. The third-order valence-corrected chi connectivity index (χ3v) is 3.88. The van der Waals surface area contributed by atoms with Crippen LogP contribution < -0.4 is 5.32 Å². The Morgan fingerprint density at radius 2 is 2.18 bits per heavy atom. The van der Waals surface area contributed by atoms with Gasteiger partial charge >= 0.3 is 0 Å². The van der Waals surface area contributed by atoms with Crippen LogP contribution in [0.15, 0.2) is 18.2 Å². The van der Waals surface area contributed by atoms with E-state index in [1.807, 2.05) is 12.1 Å². The molecule has 0 radical (unpaired) electrons. The first-order chi connectivity index (χ1) is 8.15. The van der Waals surface area contributed by atoms with Gasteiger partial charge in [-0.15, -0.1) is 0 Å². The lowest BCUT2D eigenvalue weighted by molar-refractivity contribution is 0.420. The van der Waals surface area contributed by atoms with Crippen LogP contribution in [0.25, 0.3) is 0 Å². The van der Waals surface area contributed by atoms with Gasteiger partial charge in [-0.25, -0.2) is 0 Å². The highest BCUT2D eigenvalue weighted by Gasteiger charge is 2.40. The van der Waals surface area contributed by atoms with Crippen molar-refractivity contribution in [3.63, 3.8) is 0 Å². The minimum atomic E-state index is 0.153. The van der Waals surface area contributed by atoms with Gasteiger partial charge < -0.3 is 10.4 Å². The number of halogens is 1. The lowest BCUT2D eigenvalue weighted by Crippen LogP contribution is -2.23. The van der Waals surface area contributed by atoms with Gasteiger partial charge in [0.05, 0.1) is 5.02 Å². The van der Waals surface area contributed by atoms with Crippen molar-refractivity contribution in [3.8, 4) is 5.75 Å². The summed E-state index contributed by atoms with van der Waals surface area (Å²) < 4.78 is 0. The fourth-order valence-electron chi connectivity index (χ4n) is 2.35. The highest BCUT2D eigenvalue weighted by atomic mass is 35.5. The van der Waals surface area contributed by atoms with Gasteiger partial charge in [0.15, 0.2) is 0 Å². The number of rotatable bonds is 6. The van der Waals surface area contributed by atoms with Gasteiger partial charge in [0.2, 0.25) is 0 Å². The molecule has 0 bridgehead atoms. The second-order valence-electron chi connectivity index (χ2n) is 5.14. The summed E-state index contributed by atoms with van der Waals surface area (Å²) in [5, 5.41) is 13.3. The van der Waals surface area contributed by atoms with Crippen molar-refractivity contribution in [3.05, 3.63) is 28.8 Å². The van der Waals surface area contributed by atoms with Gasteiger partial charge in [-0.05, 0) is 42.4 Å². The quantitative estimate of drug-likeness (QED) is 0.810. The summed E-state index contributed by atoms with van der Waals surface area (Å²) in [6.07, 6.45) is 5.33. The number of benzene rings is 1. The molecule has 1 aromatic rings. The zero-order chi connectivity index (χ0) is 12.3. The third-order valence-electron chi connectivity index (χ3n) is 3.58. The first-order valence-corrected chi connectivity index (χ1v) is 6.71. The van der Waals surface area contributed by atoms with Gasteiger partial charge in [-0.3, -0.25) is 0 Å². The normalized spacial score (nSPS) is 17.1. The van der Waals surface area contributed by atoms with Gasteiger partial charge in [0.1, 0.15) is 5.75 Å². The van der Waals surface area contributed by atoms with E-state index in [-0.39, 0.29) is 5.75 Å². The maximum absolute atomic E-state index is 9.33. The van der Waals surface area contributed by atoms with Crippen molar-refractivity contribution in [1.82, 2.24) is 5.32 Å². The molecule has 0 amide bonds. The van der Waals surface area contributed by atoms with Crippen LogP contribution >= 0.6 is 11.6 Å². The van der Waals surface area contributed by atoms with E-state index in [1.165, 1.54) is 25.7 Å². The Balaban J connectivity index is 1.80. The van der Waals surface area contributed by atoms with Crippen molar-refractivity contribution < 1.29 is 5.11 Å². The second kappa shape index (κ2) is 5.28. The molecule has 0 aromatic heterocycles. The minimum Gasteiger partial charge on any atom is -0.506 e. The van der Waals surface area contributed by atoms with Crippen LogP contribution in [0, 0.1) is 5.41 Å². The third kappa shape index (κ3) is 3.36. The van der Waals surface area contributed by atoms with Crippen molar-refractivity contribution in [2.24, 2.45) is 5.41 Å². The molecule has 17 heavy (non-hydrogen) atoms. The summed E-state index contributed by atoms with van der Waals surface area (Å²) in [6.45, 7) is 4.17. The van der Waals surface area contributed by atoms with Gasteiger partial charge in [0, 0.05) is 13.1 Å². The Morgan fingerprint density at radius 3 is 2.76 bits per heavy atom. The predicted molar refractivity (Wildman–Crippen MR) is 71.4 cm³/mol. The van der Waals surface area contributed by atoms with E-state index in [2.05, 4.69) is 12.2 Å². The smallest absolute Gasteiger partial charge is 0.134 e. The number of phenolic OH excluding ortho intramolecular Hbond substituents is 1. The van der Waals surface area contributed by atoms with Crippen molar-refractivity contribution in [1.29, 1.82) is 0 Å². The number of aromatic hydroxyl groups is 1. The van der Waals surface area contributed by atoms with Crippen LogP contribution in [0.4, 0.5) is 0 Å². The first-order valence-electron chi connectivity index (χ1n) is 6.33. The average molecular weight is 254 g/mol. The summed E-state index contributed by atoms with van der Waals surface area (Å²) in [5.74, 6) is 0.153. The largest absolute Gasteiger partial charge is 0.506 e. The standard InChI is InChI=1S/C14H20ClNO/c1-2-5-14(6-7-14)10-16-9-11-3-4-13(17)12(15)8-11/h3-4,8,16-17H,2,5-7,9-10H2,1H3. The zero-order valence-electron chi connectivity index (χ0n) is 10.3. The van der Waals surface area contributed by atoms with Gasteiger partial charge in [0.25, 0.3) is 0 Å². The number of hydrogen-bond acceptors (Lipinski definition) is 2. The zero-order valence-corrected chi connectivity index (χ0v) is 11.1. The van der Waals surface area contributed by atoms with Gasteiger partial charge in [-0.2, -0.15) is 0 Å². The number of hydrogen-bond donors (Lipinski definition) is 2. The minimum absolute atomic E-state index is 0.153. The molecule has 2 rings (SSSR count). The maximum Gasteiger partial charge on any atom is 0.134 e. The lowest BCUT2D eigenvalue weighted by atomic mass is 10.0. The van der Waals surface area contributed by atoms with Crippen LogP contribution in [0.2, 0.25) is 5.02 Å². The molecule has 3 heteroatoms. The van der Waals surface area contributed by atoms with E-state index >= 15 is 0 Å². The second-order valence-corrected chi connectivity index (χ2v) is 5.55. The van der Waals surface area contributed by atoms with Crippen molar-refractivity contribution in [2.45, 2.75) is 39.2 Å². The Labute approximate surface area is 108 Å². The van der Waals surface area contributed by atoms with Crippen LogP contribution in [0.5, 0.6) is 5.75 Å². The molecule has 2 N–H and O–H groups in total. The molecule has 1 saturated carbocycles. The molecule has 0 heterocycles. The fourth-order valence-corrected chi connectivity index (χ4v) is 2.56. The molecule has 1 aromatic carbocycles. The summed E-state index contributed by atoms with van der Waals surface area (Å²) >= 11 is 5.87. The van der Waals surface area contributed by atoms with E-state index in [4.69, 9.17) is 11.6 Å². The average Bonchev–Trinajstić information content (AvgIpc) is 3.04. The van der Waals surface area contributed by atoms with Crippen molar-refractivity contribution in [2.75, 3.05) is 6.54 Å². The Morgan fingerprint density at radius 1 is 1.41 bits per heavy atom. The Bertz CT molecular complexity index is 388. The topological polar surface area (TPSA) is 32.3 Å². The Kier molecular flexibility index (Phi) is 3.95. The van der Waals surface area contributed by atoms with Crippen LogP contribution in [0.3, 0.4) is 0 Å². The van der Waals surface area contributed by atoms with E-state index in [9.17, 15) is 5.11 Å². The van der Waals surface area contributed by atoms with E-state index < -0.39 is 0 Å². The summed E-state index contributed by atoms with van der Waals surface area (Å²) in [6, 6.07) is 5.38. The SMILES string of the molecule is CCCC1(CNCc2ccc(O)c(Cl)c2)CC1. The Hall–Kier alpha value is -0.730. The molecular formula is C14H20ClNO. The molecule has 94 valence electrons. The lowest BCUT2D eigenvalue weighted by Gasteiger charge is -2.15. The number of phenols is 1. The van der Waals surface area contributed by atoms with Crippen LogP contribution in [0.1, 0.15) is 38.2 Å². The first kappa shape index (κ1) is 12.7. The summed E-state index contributed by atoms with van der Waals surface area (Å²) in [5.41, 5.74) is 1.70. The van der Waals surface area contributed by atoms with Gasteiger partial charge in [-0.1, -0.05) is 31.0 Å². The molecule has 1 fully saturated rings. The highest BCUT2D eigenvalue weighted by Crippen LogP contribution is 2.48. The molecule has 0 atom stereocenters. The predicted octanol–water partition coefficient (Wildman–Crippen LogP) is 3.72. The molecule has 0 saturated heterocycles. The van der Waals surface area contributed by atoms with Crippen LogP contribution in [-0.4, -0.2) is 11.7 Å². The van der Waals surface area contributed by atoms with E-state index in [0.29, 0.717) is 10.4 Å². The van der Waals surface area contributed by atoms with Crippen LogP contribution in [-0.2, 0) is 6.54 Å². The van der Waals surface area contributed by atoms with E-state index in [0.717, 1.165) is 18.7 Å². The monoisotopic (exact) mass is 253 g/mol. The molecule has 2 nitrogen and oxygen atoms in total. The molecule has 1 aliphatic rings. The number of nitrogens with one attached hydrogen (secondary N) is 1. The summed E-state index contributed by atoms with van der Waals surface area (Å²) in [7, 11) is 0. The van der Waals surface area contributed by atoms with Crippen molar-refractivity contribution >= 4 is 11.6 Å². The maximum atomic E-state index is 9.33. The molecule has 1 aliphatic carbocycles. The summed E-state index contributed by atoms with van der Waals surface area (Å²) in [4.78, 5) is 0. The molecule has 0 aliphatic heterocycles. The van der Waals surface area contributed by atoms with E-state index in [1.54, 1.807) is 6.07 Å². The fraction of sp³-hybridized carbons (Fsp3) is 0.571. The molecule has 0 unspecified atom stereocenters. The highest BCUT2D eigenvalue weighted by molar-refractivity contribution is 6.32. The molecular weight excluding hydrogens is 234 g/mol.